The Morgan fingerprint density at radius 2 is 0.776 bits per heavy atom. The zero-order chi connectivity index (χ0) is 36.3. The molecule has 0 bridgehead atoms. The second kappa shape index (κ2) is 20.8. The third kappa shape index (κ3) is 16.8. The van der Waals surface area contributed by atoms with E-state index in [1.165, 1.54) is 14.7 Å². The molecule has 2 atom stereocenters. The predicted molar refractivity (Wildman–Crippen MR) is 172 cm³/mol. The second-order valence-corrected chi connectivity index (χ2v) is 11.2. The summed E-state index contributed by atoms with van der Waals surface area (Å²) < 4.78 is 0. The molecule has 49 heavy (non-hydrogen) atoms. The molecule has 2 aromatic carbocycles. The van der Waals surface area contributed by atoms with Crippen LogP contribution in [0.1, 0.15) is 11.1 Å². The van der Waals surface area contributed by atoms with Crippen molar-refractivity contribution in [2.75, 3.05) is 58.9 Å². The van der Waals surface area contributed by atoms with Gasteiger partial charge >= 0.3 is 29.8 Å². The maximum Gasteiger partial charge on any atom is 0.326 e. The lowest BCUT2D eigenvalue weighted by Gasteiger charge is -2.28. The van der Waals surface area contributed by atoms with Gasteiger partial charge in [0.05, 0.1) is 32.7 Å². The number of carboxylic acid groups (broad SMARTS) is 5. The van der Waals surface area contributed by atoms with E-state index in [4.69, 9.17) is 0 Å². The van der Waals surface area contributed by atoms with Crippen molar-refractivity contribution in [1.82, 2.24) is 25.3 Å². The third-order valence-corrected chi connectivity index (χ3v) is 7.11. The van der Waals surface area contributed by atoms with Gasteiger partial charge in [-0.25, -0.2) is 9.59 Å². The minimum Gasteiger partial charge on any atom is -0.480 e. The lowest BCUT2D eigenvalue weighted by molar-refractivity contribution is -0.143. The van der Waals surface area contributed by atoms with Gasteiger partial charge in [0, 0.05) is 39.0 Å². The first kappa shape index (κ1) is 39.8. The number of benzene rings is 2. The Hall–Kier alpha value is -5.39. The van der Waals surface area contributed by atoms with Crippen molar-refractivity contribution in [3.05, 3.63) is 71.8 Å². The molecule has 0 spiro atoms. The topological polar surface area (TPSA) is 254 Å². The second-order valence-electron chi connectivity index (χ2n) is 11.2. The Kier molecular flexibility index (Phi) is 16.9. The molecule has 0 saturated heterocycles. The summed E-state index contributed by atoms with van der Waals surface area (Å²) in [5.41, 5.74) is 1.32. The molecule has 0 unspecified atom stereocenters. The van der Waals surface area contributed by atoms with Gasteiger partial charge < -0.3 is 36.2 Å². The Bertz CT molecular complexity index is 1330. The Balaban J connectivity index is 2.03. The summed E-state index contributed by atoms with van der Waals surface area (Å²) in [7, 11) is 0. The van der Waals surface area contributed by atoms with E-state index in [2.05, 4.69) is 10.6 Å². The molecule has 0 radical (unpaired) electrons. The molecule has 0 aliphatic rings. The summed E-state index contributed by atoms with van der Waals surface area (Å²) in [4.78, 5) is 87.4. The summed E-state index contributed by atoms with van der Waals surface area (Å²) in [6, 6.07) is 14.6. The van der Waals surface area contributed by atoms with Crippen LogP contribution in [-0.4, -0.2) is 153 Å². The fourth-order valence-corrected chi connectivity index (χ4v) is 4.82. The first-order chi connectivity index (χ1) is 23.2. The van der Waals surface area contributed by atoms with Crippen molar-refractivity contribution in [1.29, 1.82) is 0 Å². The number of carbonyl (C=O) groups excluding carboxylic acids is 2. The molecule has 7 N–H and O–H groups in total. The molecule has 17 heteroatoms. The van der Waals surface area contributed by atoms with Crippen molar-refractivity contribution in [3.63, 3.8) is 0 Å². The Morgan fingerprint density at radius 1 is 0.469 bits per heavy atom. The summed E-state index contributed by atoms with van der Waals surface area (Å²) in [6.45, 7) is -3.26. The van der Waals surface area contributed by atoms with Gasteiger partial charge in [0.1, 0.15) is 12.1 Å². The van der Waals surface area contributed by atoms with Crippen LogP contribution in [-0.2, 0) is 46.4 Å². The van der Waals surface area contributed by atoms with Crippen molar-refractivity contribution in [2.45, 2.75) is 24.9 Å². The van der Waals surface area contributed by atoms with Gasteiger partial charge in [0.25, 0.3) is 0 Å². The van der Waals surface area contributed by atoms with Gasteiger partial charge in [-0.2, -0.15) is 0 Å². The van der Waals surface area contributed by atoms with E-state index in [9.17, 15) is 59.1 Å². The molecular weight excluding hydrogens is 646 g/mol. The fraction of sp³-hybridized carbons (Fsp3) is 0.406. The summed E-state index contributed by atoms with van der Waals surface area (Å²) in [6.07, 6.45) is -0.0236. The fourth-order valence-electron chi connectivity index (χ4n) is 4.82. The molecule has 17 nitrogen and oxygen atoms in total. The van der Waals surface area contributed by atoms with Crippen molar-refractivity contribution in [3.8, 4) is 0 Å². The highest BCUT2D eigenvalue weighted by atomic mass is 16.4. The smallest absolute Gasteiger partial charge is 0.326 e. The van der Waals surface area contributed by atoms with Crippen LogP contribution in [0.25, 0.3) is 0 Å². The van der Waals surface area contributed by atoms with Gasteiger partial charge in [-0.05, 0) is 11.1 Å². The van der Waals surface area contributed by atoms with Crippen LogP contribution in [0.2, 0.25) is 0 Å². The first-order valence-corrected chi connectivity index (χ1v) is 15.2. The molecule has 0 aliphatic heterocycles. The van der Waals surface area contributed by atoms with Crippen LogP contribution in [0.3, 0.4) is 0 Å². The zero-order valence-corrected chi connectivity index (χ0v) is 26.6. The zero-order valence-electron chi connectivity index (χ0n) is 26.6. The van der Waals surface area contributed by atoms with Gasteiger partial charge in [-0.1, -0.05) is 60.7 Å². The molecule has 2 rings (SSSR count). The molecule has 2 aromatic rings. The molecule has 0 fully saturated rings. The number of rotatable bonds is 24. The molecule has 0 aromatic heterocycles. The van der Waals surface area contributed by atoms with Gasteiger partial charge in [-0.15, -0.1) is 0 Å². The Labute approximate surface area is 281 Å². The lowest BCUT2D eigenvalue weighted by Crippen LogP contribution is -2.50. The number of carboxylic acids is 5. The maximum absolute atomic E-state index is 12.8. The number of hydrogen-bond donors (Lipinski definition) is 7. The summed E-state index contributed by atoms with van der Waals surface area (Å²) in [5.74, 6) is -7.93. The van der Waals surface area contributed by atoms with Gasteiger partial charge in [-0.3, -0.25) is 38.7 Å². The van der Waals surface area contributed by atoms with Crippen LogP contribution >= 0.6 is 0 Å². The highest BCUT2D eigenvalue weighted by Crippen LogP contribution is 2.06. The van der Waals surface area contributed by atoms with E-state index < -0.39 is 86.5 Å². The Morgan fingerprint density at radius 3 is 1.08 bits per heavy atom. The molecule has 0 aliphatic carbocycles. The quantitative estimate of drug-likeness (QED) is 0.0682. The van der Waals surface area contributed by atoms with Crippen LogP contribution in [0.4, 0.5) is 0 Å². The first-order valence-electron chi connectivity index (χ1n) is 15.2. The normalized spacial score (nSPS) is 12.3. The predicted octanol–water partition coefficient (Wildman–Crippen LogP) is -1.23. The molecule has 266 valence electrons. The molecular formula is C32H41N5O12. The highest BCUT2D eigenvalue weighted by molar-refractivity contribution is 5.86. The van der Waals surface area contributed by atoms with E-state index >= 15 is 0 Å². The minimum atomic E-state index is -1.29. The SMILES string of the molecule is O=C(O)CN(CCN(CC(=O)O)CC(=O)N[C@@H](Cc1ccccc1)C(=O)O)CCN(CC(=O)O)CC(=O)N[C@@H](Cc1ccccc1)C(=O)O. The van der Waals surface area contributed by atoms with Gasteiger partial charge in [0.15, 0.2) is 0 Å². The van der Waals surface area contributed by atoms with E-state index in [0.717, 1.165) is 0 Å². The summed E-state index contributed by atoms with van der Waals surface area (Å²) in [5, 5.41) is 52.1. The molecule has 0 saturated carbocycles. The van der Waals surface area contributed by atoms with Gasteiger partial charge in [0.2, 0.25) is 11.8 Å². The number of nitrogens with one attached hydrogen (secondary N) is 2. The van der Waals surface area contributed by atoms with Crippen LogP contribution in [0.15, 0.2) is 60.7 Å². The van der Waals surface area contributed by atoms with E-state index in [1.54, 1.807) is 60.7 Å². The standard InChI is InChI=1S/C32H41N5O12/c38-26(33-24(31(46)47)15-22-7-3-1-4-8-22)17-36(20-29(42)43)13-11-35(19-28(40)41)12-14-37(21-30(44)45)18-27(39)34-25(32(48)49)16-23-9-5-2-6-10-23/h1-10,24-25H,11-21H2,(H,33,38)(H,34,39)(H,40,41)(H,42,43)(H,44,45)(H,46,47)(H,48,49)/t24-,25-/m0/s1. The summed E-state index contributed by atoms with van der Waals surface area (Å²) >= 11 is 0. The molecule has 0 heterocycles. The number of amides is 2. The maximum atomic E-state index is 12.8. The molecule has 2 amide bonds. The van der Waals surface area contributed by atoms with Crippen molar-refractivity contribution < 1.29 is 59.1 Å². The number of hydrogen-bond acceptors (Lipinski definition) is 10. The van der Waals surface area contributed by atoms with Crippen molar-refractivity contribution in [2.24, 2.45) is 0 Å². The highest BCUT2D eigenvalue weighted by Gasteiger charge is 2.25. The number of aliphatic carboxylic acids is 5. The van der Waals surface area contributed by atoms with E-state index in [0.29, 0.717) is 11.1 Å². The van der Waals surface area contributed by atoms with Crippen LogP contribution < -0.4 is 10.6 Å². The minimum absolute atomic E-state index is 0.0118. The average Bonchev–Trinajstić information content (AvgIpc) is 3.01. The van der Waals surface area contributed by atoms with E-state index in [1.807, 2.05) is 0 Å². The van der Waals surface area contributed by atoms with Crippen LogP contribution in [0, 0.1) is 0 Å². The average molecular weight is 688 g/mol. The van der Waals surface area contributed by atoms with E-state index in [-0.39, 0.29) is 39.0 Å². The van der Waals surface area contributed by atoms with Crippen LogP contribution in [0.5, 0.6) is 0 Å². The number of carbonyl (C=O) groups is 7. The monoisotopic (exact) mass is 687 g/mol. The van der Waals surface area contributed by atoms with Crippen molar-refractivity contribution >= 4 is 41.7 Å². The largest absolute Gasteiger partial charge is 0.480 e. The lowest BCUT2D eigenvalue weighted by atomic mass is 10.1. The number of nitrogens with zero attached hydrogens (tertiary/aromatic N) is 3. The third-order valence-electron chi connectivity index (χ3n) is 7.11.